The molecular formula is C24H28O3S. The number of carboxylic acids is 1. The monoisotopic (exact) mass is 396 g/mol. The highest BCUT2D eigenvalue weighted by Crippen LogP contribution is 2.35. The molecule has 148 valence electrons. The summed E-state index contributed by atoms with van der Waals surface area (Å²) < 4.78 is 5.77. The number of hydrogen-bond donors (Lipinski definition) is 1. The van der Waals surface area contributed by atoms with Gasteiger partial charge in [-0.3, -0.25) is 0 Å². The van der Waals surface area contributed by atoms with Crippen LogP contribution in [0.4, 0.5) is 0 Å². The predicted octanol–water partition coefficient (Wildman–Crippen LogP) is 6.90. The number of carboxylic acid groups (broad SMARTS) is 1. The fourth-order valence-corrected chi connectivity index (χ4v) is 4.68. The Morgan fingerprint density at radius 3 is 2.54 bits per heavy atom. The van der Waals surface area contributed by atoms with Crippen LogP contribution < -0.4 is 0 Å². The molecule has 0 aliphatic heterocycles. The highest BCUT2D eigenvalue weighted by Gasteiger charge is 2.20. The first-order valence-corrected chi connectivity index (χ1v) is 11.0. The molecule has 2 aromatic carbocycles. The summed E-state index contributed by atoms with van der Waals surface area (Å²) in [5.74, 6) is 0.141. The minimum absolute atomic E-state index is 0.0652. The third-order valence-electron chi connectivity index (χ3n) is 5.07. The van der Waals surface area contributed by atoms with Crippen LogP contribution in [0.2, 0.25) is 0 Å². The molecule has 0 fully saturated rings. The van der Waals surface area contributed by atoms with E-state index in [9.17, 15) is 9.90 Å². The van der Waals surface area contributed by atoms with E-state index >= 15 is 0 Å². The number of fused-ring (bicyclic) bond motifs is 1. The Hall–Kier alpha value is -2.20. The predicted molar refractivity (Wildman–Crippen MR) is 117 cm³/mol. The van der Waals surface area contributed by atoms with Crippen molar-refractivity contribution in [2.75, 3.05) is 5.75 Å². The van der Waals surface area contributed by atoms with Gasteiger partial charge in [-0.05, 0) is 56.1 Å². The lowest BCUT2D eigenvalue weighted by Gasteiger charge is -2.09. The quantitative estimate of drug-likeness (QED) is 0.299. The van der Waals surface area contributed by atoms with Gasteiger partial charge >= 0.3 is 5.97 Å². The smallest absolute Gasteiger partial charge is 0.372 e. The van der Waals surface area contributed by atoms with E-state index in [1.54, 1.807) is 0 Å². The maximum absolute atomic E-state index is 11.4. The molecule has 0 saturated heterocycles. The second-order valence-electron chi connectivity index (χ2n) is 7.17. The van der Waals surface area contributed by atoms with Crippen molar-refractivity contribution in [1.29, 1.82) is 0 Å². The molecule has 0 aliphatic rings. The van der Waals surface area contributed by atoms with Crippen LogP contribution in [0.5, 0.6) is 0 Å². The fraction of sp³-hybridized carbons (Fsp3) is 0.375. The largest absolute Gasteiger partial charge is 0.475 e. The molecule has 3 aromatic rings. The van der Waals surface area contributed by atoms with Crippen LogP contribution >= 0.6 is 11.8 Å². The van der Waals surface area contributed by atoms with Crippen molar-refractivity contribution in [1.82, 2.24) is 0 Å². The van der Waals surface area contributed by atoms with E-state index < -0.39 is 5.97 Å². The molecule has 0 unspecified atom stereocenters. The maximum atomic E-state index is 11.4. The van der Waals surface area contributed by atoms with E-state index in [1.165, 1.54) is 29.7 Å². The highest BCUT2D eigenvalue weighted by molar-refractivity contribution is 7.99. The van der Waals surface area contributed by atoms with Crippen molar-refractivity contribution in [2.45, 2.75) is 57.3 Å². The first-order chi connectivity index (χ1) is 13.6. The molecule has 28 heavy (non-hydrogen) atoms. The summed E-state index contributed by atoms with van der Waals surface area (Å²) in [4.78, 5) is 12.6. The molecule has 0 radical (unpaired) electrons. The van der Waals surface area contributed by atoms with Crippen molar-refractivity contribution in [3.05, 3.63) is 64.9 Å². The molecule has 1 N–H and O–H groups in total. The van der Waals surface area contributed by atoms with Gasteiger partial charge in [-0.15, -0.1) is 11.8 Å². The van der Waals surface area contributed by atoms with Gasteiger partial charge < -0.3 is 9.52 Å². The zero-order valence-electron chi connectivity index (χ0n) is 16.7. The van der Waals surface area contributed by atoms with E-state index in [0.29, 0.717) is 0 Å². The van der Waals surface area contributed by atoms with Crippen molar-refractivity contribution < 1.29 is 14.3 Å². The average molecular weight is 397 g/mol. The van der Waals surface area contributed by atoms with Gasteiger partial charge in [0.25, 0.3) is 0 Å². The Balaban J connectivity index is 1.62. The Bertz CT molecular complexity index is 928. The molecule has 3 nitrogen and oxygen atoms in total. The van der Waals surface area contributed by atoms with Crippen LogP contribution in [0.25, 0.3) is 11.0 Å². The molecule has 3 rings (SSSR count). The molecule has 1 aromatic heterocycles. The van der Waals surface area contributed by atoms with E-state index in [1.807, 2.05) is 24.8 Å². The molecule has 0 amide bonds. The number of carbonyl (C=O) groups is 1. The Labute approximate surface area is 171 Å². The zero-order valence-corrected chi connectivity index (χ0v) is 17.5. The SMILES string of the molecule is CCCc1c(SCCCCCc2ccccc2)ccc2c(C)c(C(=O)O)oc12. The molecule has 0 atom stereocenters. The zero-order chi connectivity index (χ0) is 19.9. The number of aryl methyl sites for hydroxylation is 3. The van der Waals surface area contributed by atoms with E-state index in [4.69, 9.17) is 4.42 Å². The normalized spacial score (nSPS) is 11.2. The summed E-state index contributed by atoms with van der Waals surface area (Å²) in [5, 5.41) is 10.3. The average Bonchev–Trinajstić information content (AvgIpc) is 3.04. The number of benzene rings is 2. The number of thioether (sulfide) groups is 1. The van der Waals surface area contributed by atoms with Crippen LogP contribution in [0.15, 0.2) is 51.8 Å². The number of unbranched alkanes of at least 4 members (excludes halogenated alkanes) is 2. The third-order valence-corrected chi connectivity index (χ3v) is 6.26. The second-order valence-corrected chi connectivity index (χ2v) is 8.31. The van der Waals surface area contributed by atoms with Crippen molar-refractivity contribution >= 4 is 28.7 Å². The maximum Gasteiger partial charge on any atom is 0.372 e. The van der Waals surface area contributed by atoms with Crippen molar-refractivity contribution in [3.63, 3.8) is 0 Å². The van der Waals surface area contributed by atoms with Gasteiger partial charge in [0.2, 0.25) is 5.76 Å². The molecule has 1 heterocycles. The van der Waals surface area contributed by atoms with Crippen LogP contribution in [0, 0.1) is 6.92 Å². The number of hydrogen-bond acceptors (Lipinski definition) is 3. The van der Waals surface area contributed by atoms with E-state index in [0.717, 1.165) is 47.1 Å². The topological polar surface area (TPSA) is 50.4 Å². The number of aromatic carboxylic acids is 1. The van der Waals surface area contributed by atoms with Crippen LogP contribution in [-0.2, 0) is 12.8 Å². The molecule has 0 spiro atoms. The van der Waals surface area contributed by atoms with Crippen molar-refractivity contribution in [2.24, 2.45) is 0 Å². The van der Waals surface area contributed by atoms with E-state index in [-0.39, 0.29) is 5.76 Å². The van der Waals surface area contributed by atoms with Crippen molar-refractivity contribution in [3.8, 4) is 0 Å². The Morgan fingerprint density at radius 2 is 1.82 bits per heavy atom. The minimum Gasteiger partial charge on any atom is -0.475 e. The molecule has 0 saturated carbocycles. The molecule has 0 bridgehead atoms. The summed E-state index contributed by atoms with van der Waals surface area (Å²) in [6, 6.07) is 14.8. The van der Waals surface area contributed by atoms with Gasteiger partial charge in [0.1, 0.15) is 5.58 Å². The van der Waals surface area contributed by atoms with Gasteiger partial charge in [-0.1, -0.05) is 50.1 Å². The fourth-order valence-electron chi connectivity index (χ4n) is 3.58. The van der Waals surface area contributed by atoms with Gasteiger partial charge in [0, 0.05) is 21.4 Å². The van der Waals surface area contributed by atoms with Gasteiger partial charge in [-0.2, -0.15) is 0 Å². The molecule has 0 aliphatic carbocycles. The first kappa shape index (κ1) is 20.5. The number of rotatable bonds is 10. The second kappa shape index (κ2) is 9.83. The lowest BCUT2D eigenvalue weighted by atomic mass is 10.1. The Morgan fingerprint density at radius 1 is 1.04 bits per heavy atom. The van der Waals surface area contributed by atoms with Crippen LogP contribution in [0.3, 0.4) is 0 Å². The van der Waals surface area contributed by atoms with Gasteiger partial charge in [0.15, 0.2) is 0 Å². The van der Waals surface area contributed by atoms with Crippen LogP contribution in [-0.4, -0.2) is 16.8 Å². The summed E-state index contributed by atoms with van der Waals surface area (Å²) in [6.07, 6.45) is 6.66. The minimum atomic E-state index is -0.997. The summed E-state index contributed by atoms with van der Waals surface area (Å²) in [6.45, 7) is 3.97. The van der Waals surface area contributed by atoms with E-state index in [2.05, 4.69) is 43.3 Å². The molecule has 4 heteroatoms. The standard InChI is InChI=1S/C24H28O3S/c1-3-10-20-21(15-14-19-17(2)22(24(25)26)27-23(19)20)28-16-9-5-8-13-18-11-6-4-7-12-18/h4,6-7,11-12,14-15H,3,5,8-10,13,16H2,1-2H3,(H,25,26). The lowest BCUT2D eigenvalue weighted by Crippen LogP contribution is -1.95. The summed E-state index contributed by atoms with van der Waals surface area (Å²) in [5.41, 5.74) is 4.04. The van der Waals surface area contributed by atoms with Crippen LogP contribution in [0.1, 0.15) is 59.9 Å². The lowest BCUT2D eigenvalue weighted by molar-refractivity contribution is 0.0664. The summed E-state index contributed by atoms with van der Waals surface area (Å²) in [7, 11) is 0. The summed E-state index contributed by atoms with van der Waals surface area (Å²) >= 11 is 1.86. The Kier molecular flexibility index (Phi) is 7.21. The third kappa shape index (κ3) is 4.79. The van der Waals surface area contributed by atoms with Gasteiger partial charge in [-0.25, -0.2) is 4.79 Å². The number of furan rings is 1. The van der Waals surface area contributed by atoms with Gasteiger partial charge in [0.05, 0.1) is 0 Å². The first-order valence-electron chi connectivity index (χ1n) is 10.1. The molecular weight excluding hydrogens is 368 g/mol. The highest BCUT2D eigenvalue weighted by atomic mass is 32.2.